The fraction of sp³-hybridized carbons (Fsp3) is 0.545. The van der Waals surface area contributed by atoms with Crippen LogP contribution in [0.4, 0.5) is 0 Å². The number of hydrogen-bond acceptors (Lipinski definition) is 5. The third-order valence-electron chi connectivity index (χ3n) is 6.58. The zero-order valence-electron chi connectivity index (χ0n) is 16.6. The maximum absolute atomic E-state index is 12.7. The fourth-order valence-corrected chi connectivity index (χ4v) is 4.73. The highest BCUT2D eigenvalue weighted by Crippen LogP contribution is 2.33. The second kappa shape index (κ2) is 7.71. The molecule has 7 heteroatoms. The summed E-state index contributed by atoms with van der Waals surface area (Å²) in [5.74, 6) is 0.795. The predicted octanol–water partition coefficient (Wildman–Crippen LogP) is 1.78. The summed E-state index contributed by atoms with van der Waals surface area (Å²) in [6.07, 6.45) is 10.5. The molecule has 152 valence electrons. The number of amides is 1. The lowest BCUT2D eigenvalue weighted by Gasteiger charge is -2.35. The summed E-state index contributed by atoms with van der Waals surface area (Å²) >= 11 is 0. The number of pyridine rings is 1. The summed E-state index contributed by atoms with van der Waals surface area (Å²) in [4.78, 5) is 38.2. The number of likely N-dealkylation sites (tertiary alicyclic amines) is 2. The molecule has 4 heterocycles. The van der Waals surface area contributed by atoms with Crippen molar-refractivity contribution in [3.63, 3.8) is 0 Å². The summed E-state index contributed by atoms with van der Waals surface area (Å²) < 4.78 is 1.72. The Labute approximate surface area is 170 Å². The van der Waals surface area contributed by atoms with Gasteiger partial charge in [-0.2, -0.15) is 0 Å². The van der Waals surface area contributed by atoms with Gasteiger partial charge in [-0.3, -0.25) is 24.0 Å². The average molecular weight is 393 g/mol. The first kappa shape index (κ1) is 18.5. The Kier molecular flexibility index (Phi) is 4.91. The largest absolute Gasteiger partial charge is 0.338 e. The Balaban J connectivity index is 1.18. The molecule has 1 saturated carbocycles. The number of piperidine rings is 1. The molecule has 5 rings (SSSR count). The number of carbonyl (C=O) groups excluding carboxylic acids is 1. The third kappa shape index (κ3) is 3.83. The van der Waals surface area contributed by atoms with Crippen LogP contribution in [0.5, 0.6) is 0 Å². The molecule has 0 N–H and O–H groups in total. The van der Waals surface area contributed by atoms with E-state index in [4.69, 9.17) is 0 Å². The Bertz CT molecular complexity index is 932. The Morgan fingerprint density at radius 2 is 1.86 bits per heavy atom. The van der Waals surface area contributed by atoms with Gasteiger partial charge in [-0.25, -0.2) is 4.98 Å². The molecular weight excluding hydrogens is 366 g/mol. The lowest BCUT2D eigenvalue weighted by atomic mass is 9.95. The summed E-state index contributed by atoms with van der Waals surface area (Å²) in [6, 6.07) is 5.95. The highest BCUT2D eigenvalue weighted by Gasteiger charge is 2.43. The summed E-state index contributed by atoms with van der Waals surface area (Å²) in [5, 5.41) is 0. The van der Waals surface area contributed by atoms with E-state index in [0.717, 1.165) is 44.5 Å². The van der Waals surface area contributed by atoms with E-state index in [1.54, 1.807) is 29.4 Å². The highest BCUT2D eigenvalue weighted by atomic mass is 16.2. The molecule has 3 aliphatic rings. The van der Waals surface area contributed by atoms with Crippen LogP contribution in [-0.2, 0) is 11.3 Å². The zero-order chi connectivity index (χ0) is 19.8. The van der Waals surface area contributed by atoms with Gasteiger partial charge in [-0.1, -0.05) is 0 Å². The van der Waals surface area contributed by atoms with Gasteiger partial charge in [-0.15, -0.1) is 0 Å². The fourth-order valence-electron chi connectivity index (χ4n) is 4.73. The van der Waals surface area contributed by atoms with E-state index in [-0.39, 0.29) is 11.6 Å². The molecule has 2 aliphatic heterocycles. The van der Waals surface area contributed by atoms with Gasteiger partial charge in [0.15, 0.2) is 0 Å². The molecular formula is C22H27N5O2. The van der Waals surface area contributed by atoms with E-state index in [9.17, 15) is 9.59 Å². The van der Waals surface area contributed by atoms with E-state index in [2.05, 4.69) is 19.8 Å². The molecule has 0 bridgehead atoms. The van der Waals surface area contributed by atoms with E-state index in [0.29, 0.717) is 30.1 Å². The second-order valence-electron chi connectivity index (χ2n) is 8.55. The SMILES string of the molecule is O=C1C(N2CCC(Cn3cnc(-c4cccnc4)cc3=O)CC2)CCN1C1CC1. The molecule has 1 amide bonds. The quantitative estimate of drug-likeness (QED) is 0.774. The molecule has 2 aromatic heterocycles. The number of rotatable bonds is 5. The molecule has 3 fully saturated rings. The first-order valence-electron chi connectivity index (χ1n) is 10.7. The van der Waals surface area contributed by atoms with Crippen LogP contribution in [0.3, 0.4) is 0 Å². The number of aromatic nitrogens is 3. The molecule has 0 spiro atoms. The van der Waals surface area contributed by atoms with Crippen LogP contribution in [0.1, 0.15) is 32.1 Å². The lowest BCUT2D eigenvalue weighted by molar-refractivity contribution is -0.133. The molecule has 1 unspecified atom stereocenters. The van der Waals surface area contributed by atoms with Crippen molar-refractivity contribution in [1.29, 1.82) is 0 Å². The normalized spacial score (nSPS) is 23.7. The number of hydrogen-bond donors (Lipinski definition) is 0. The zero-order valence-corrected chi connectivity index (χ0v) is 16.6. The van der Waals surface area contributed by atoms with Gasteiger partial charge in [0, 0.05) is 43.2 Å². The van der Waals surface area contributed by atoms with E-state index >= 15 is 0 Å². The van der Waals surface area contributed by atoms with Gasteiger partial charge < -0.3 is 4.90 Å². The summed E-state index contributed by atoms with van der Waals surface area (Å²) in [7, 11) is 0. The van der Waals surface area contributed by atoms with Crippen molar-refractivity contribution in [3.05, 3.63) is 47.3 Å². The Hall–Kier alpha value is -2.54. The molecule has 0 radical (unpaired) electrons. The van der Waals surface area contributed by atoms with Gasteiger partial charge >= 0.3 is 0 Å². The van der Waals surface area contributed by atoms with E-state index in [1.807, 2.05) is 12.1 Å². The van der Waals surface area contributed by atoms with Gasteiger partial charge in [0.2, 0.25) is 5.91 Å². The summed E-state index contributed by atoms with van der Waals surface area (Å²) in [6.45, 7) is 3.50. The number of nitrogens with zero attached hydrogens (tertiary/aromatic N) is 5. The standard InChI is InChI=1S/C22H27N5O2/c28-21-12-19(17-2-1-8-23-13-17)24-15-26(21)14-16-5-9-25(10-6-16)20-7-11-27(22(20)29)18-3-4-18/h1-2,8,12-13,15-16,18,20H,3-7,9-11,14H2. The molecule has 1 aliphatic carbocycles. The predicted molar refractivity (Wildman–Crippen MR) is 109 cm³/mol. The molecule has 2 aromatic rings. The van der Waals surface area contributed by atoms with Gasteiger partial charge in [0.05, 0.1) is 18.1 Å². The van der Waals surface area contributed by atoms with Crippen molar-refractivity contribution in [2.45, 2.75) is 50.7 Å². The van der Waals surface area contributed by atoms with E-state index < -0.39 is 0 Å². The van der Waals surface area contributed by atoms with E-state index in [1.165, 1.54) is 12.8 Å². The molecule has 2 saturated heterocycles. The molecule has 7 nitrogen and oxygen atoms in total. The van der Waals surface area contributed by atoms with Crippen LogP contribution in [0, 0.1) is 5.92 Å². The Morgan fingerprint density at radius 3 is 2.55 bits per heavy atom. The second-order valence-corrected chi connectivity index (χ2v) is 8.55. The highest BCUT2D eigenvalue weighted by molar-refractivity contribution is 5.84. The maximum atomic E-state index is 12.7. The summed E-state index contributed by atoms with van der Waals surface area (Å²) in [5.41, 5.74) is 1.49. The first-order chi connectivity index (χ1) is 14.2. The van der Waals surface area contributed by atoms with Crippen molar-refractivity contribution in [2.75, 3.05) is 19.6 Å². The minimum atomic E-state index is -0.0210. The van der Waals surface area contributed by atoms with Crippen LogP contribution in [-0.4, -0.2) is 62.0 Å². The van der Waals surface area contributed by atoms with Crippen molar-refractivity contribution >= 4 is 5.91 Å². The molecule has 1 atom stereocenters. The smallest absolute Gasteiger partial charge is 0.253 e. The van der Waals surface area contributed by atoms with Gasteiger partial charge in [0.25, 0.3) is 5.56 Å². The van der Waals surface area contributed by atoms with Gasteiger partial charge in [0.1, 0.15) is 0 Å². The first-order valence-corrected chi connectivity index (χ1v) is 10.7. The van der Waals surface area contributed by atoms with Crippen molar-refractivity contribution in [2.24, 2.45) is 5.92 Å². The minimum absolute atomic E-state index is 0.0210. The minimum Gasteiger partial charge on any atom is -0.338 e. The van der Waals surface area contributed by atoms with Crippen molar-refractivity contribution < 1.29 is 4.79 Å². The third-order valence-corrected chi connectivity index (χ3v) is 6.58. The van der Waals surface area contributed by atoms with Gasteiger partial charge in [-0.05, 0) is 63.2 Å². The Morgan fingerprint density at radius 1 is 1.03 bits per heavy atom. The van der Waals surface area contributed by atoms with Crippen LogP contribution >= 0.6 is 0 Å². The van der Waals surface area contributed by atoms with Crippen LogP contribution in [0.2, 0.25) is 0 Å². The monoisotopic (exact) mass is 393 g/mol. The topological polar surface area (TPSA) is 71.3 Å². The van der Waals surface area contributed by atoms with Crippen LogP contribution < -0.4 is 5.56 Å². The molecule has 0 aromatic carbocycles. The van der Waals surface area contributed by atoms with Crippen molar-refractivity contribution in [1.82, 2.24) is 24.3 Å². The average Bonchev–Trinajstić information content (AvgIpc) is 3.52. The van der Waals surface area contributed by atoms with Crippen LogP contribution in [0.25, 0.3) is 11.3 Å². The lowest BCUT2D eigenvalue weighted by Crippen LogP contribution is -2.46. The molecule has 29 heavy (non-hydrogen) atoms. The van der Waals surface area contributed by atoms with Crippen molar-refractivity contribution in [3.8, 4) is 11.3 Å². The number of carbonyl (C=O) groups is 1. The van der Waals surface area contributed by atoms with Crippen LogP contribution in [0.15, 0.2) is 41.7 Å². The maximum Gasteiger partial charge on any atom is 0.253 e.